The third-order valence-corrected chi connectivity index (χ3v) is 7.92. The third-order valence-electron chi connectivity index (χ3n) is 7.92. The van der Waals surface area contributed by atoms with Gasteiger partial charge in [0.1, 0.15) is 6.04 Å². The summed E-state index contributed by atoms with van der Waals surface area (Å²) in [4.78, 5) is 21.2. The summed E-state index contributed by atoms with van der Waals surface area (Å²) in [5.74, 6) is -0.267. The van der Waals surface area contributed by atoms with Crippen LogP contribution in [0, 0.1) is 6.57 Å². The van der Waals surface area contributed by atoms with Gasteiger partial charge in [0.2, 0.25) is 5.91 Å². The summed E-state index contributed by atoms with van der Waals surface area (Å²) in [6, 6.07) is 20.5. The lowest BCUT2D eigenvalue weighted by molar-refractivity contribution is -0.162. The molecule has 3 aromatic carbocycles. The minimum absolute atomic E-state index is 0.0446. The van der Waals surface area contributed by atoms with E-state index in [-0.39, 0.29) is 25.3 Å². The summed E-state index contributed by atoms with van der Waals surface area (Å²) < 4.78 is 81.0. The molecule has 1 aliphatic heterocycles. The molecule has 0 N–H and O–H groups in total. The number of alkyl halides is 6. The van der Waals surface area contributed by atoms with Crippen LogP contribution in [0.2, 0.25) is 0 Å². The summed E-state index contributed by atoms with van der Waals surface area (Å²) >= 11 is 0. The first kappa shape index (κ1) is 31.1. The molecule has 0 radical (unpaired) electrons. The smallest absolute Gasteiger partial charge is 0.344 e. The molecular weight excluding hydrogens is 556 g/mol. The predicted octanol–water partition coefficient (Wildman–Crippen LogP) is 7.77. The molecule has 0 bridgehead atoms. The molecule has 1 atom stereocenters. The lowest BCUT2D eigenvalue weighted by Gasteiger charge is -2.39. The summed E-state index contributed by atoms with van der Waals surface area (Å²) in [6.45, 7) is 8.94. The van der Waals surface area contributed by atoms with Crippen molar-refractivity contribution in [1.29, 1.82) is 0 Å². The van der Waals surface area contributed by atoms with E-state index in [0.29, 0.717) is 32.0 Å². The van der Waals surface area contributed by atoms with Crippen LogP contribution in [0.3, 0.4) is 0 Å². The van der Waals surface area contributed by atoms with E-state index >= 15 is 0 Å². The Balaban J connectivity index is 1.49. The second-order valence-electron chi connectivity index (χ2n) is 10.6. The molecule has 222 valence electrons. The quantitative estimate of drug-likeness (QED) is 0.199. The van der Waals surface area contributed by atoms with Crippen LogP contribution in [0.25, 0.3) is 4.85 Å². The number of amides is 1. The Kier molecular flexibility index (Phi) is 9.31. The van der Waals surface area contributed by atoms with Gasteiger partial charge in [-0.1, -0.05) is 72.8 Å². The molecule has 0 spiro atoms. The molecule has 1 heterocycles. The standard InChI is InChI=1S/C32H31F6N3O/c1-39-30(25-15-7-4-8-16-25)18-21-41(22-19-30)28(24-11-5-3-6-12-24)29(42)40(2)20-10-14-23-13-9-17-26(31(33,34)35)27(23)32(36,37)38/h3-9,11-13,15-17,28H,10,14,18-22H2,2H3. The van der Waals surface area contributed by atoms with Gasteiger partial charge in [-0.05, 0) is 30.0 Å². The van der Waals surface area contributed by atoms with Crippen LogP contribution in [0.5, 0.6) is 0 Å². The highest BCUT2D eigenvalue weighted by atomic mass is 19.4. The number of likely N-dealkylation sites (tertiary alicyclic amines) is 1. The lowest BCUT2D eigenvalue weighted by Crippen LogP contribution is -2.47. The summed E-state index contributed by atoms with van der Waals surface area (Å²) in [7, 11) is 1.55. The first-order valence-corrected chi connectivity index (χ1v) is 13.6. The Bertz CT molecular complexity index is 1390. The van der Waals surface area contributed by atoms with Gasteiger partial charge < -0.3 is 9.74 Å². The van der Waals surface area contributed by atoms with Crippen LogP contribution in [0.4, 0.5) is 26.3 Å². The largest absolute Gasteiger partial charge is 0.417 e. The molecule has 1 unspecified atom stereocenters. The Hall–Kier alpha value is -3.84. The van der Waals surface area contributed by atoms with Crippen molar-refractivity contribution in [3.8, 4) is 0 Å². The number of nitrogens with zero attached hydrogens (tertiary/aromatic N) is 3. The van der Waals surface area contributed by atoms with E-state index in [0.717, 1.165) is 23.3 Å². The van der Waals surface area contributed by atoms with Crippen LogP contribution >= 0.6 is 0 Å². The van der Waals surface area contributed by atoms with Crippen molar-refractivity contribution in [1.82, 2.24) is 9.80 Å². The number of benzene rings is 3. The normalized spacial score (nSPS) is 16.4. The van der Waals surface area contributed by atoms with Gasteiger partial charge >= 0.3 is 12.4 Å². The number of carbonyl (C=O) groups is 1. The van der Waals surface area contributed by atoms with Crippen LogP contribution in [-0.2, 0) is 29.1 Å². The van der Waals surface area contributed by atoms with Gasteiger partial charge in [0, 0.05) is 45.1 Å². The summed E-state index contributed by atoms with van der Waals surface area (Å²) in [5.41, 5.74) is -2.84. The topological polar surface area (TPSA) is 27.9 Å². The van der Waals surface area contributed by atoms with Crippen LogP contribution in [0.1, 0.15) is 53.1 Å². The van der Waals surface area contributed by atoms with Gasteiger partial charge in [-0.25, -0.2) is 6.57 Å². The number of carbonyl (C=O) groups excluding carboxylic acids is 1. The Morgan fingerprint density at radius 1 is 0.905 bits per heavy atom. The highest BCUT2D eigenvalue weighted by Crippen LogP contribution is 2.43. The predicted molar refractivity (Wildman–Crippen MR) is 147 cm³/mol. The molecule has 1 amide bonds. The van der Waals surface area contributed by atoms with Crippen molar-refractivity contribution in [3.05, 3.63) is 118 Å². The van der Waals surface area contributed by atoms with Crippen LogP contribution in [0.15, 0.2) is 78.9 Å². The van der Waals surface area contributed by atoms with Gasteiger partial charge in [-0.15, -0.1) is 0 Å². The molecular formula is C32H31F6N3O. The van der Waals surface area contributed by atoms with Crippen molar-refractivity contribution in [3.63, 3.8) is 0 Å². The fourth-order valence-electron chi connectivity index (χ4n) is 5.72. The minimum atomic E-state index is -5.17. The number of hydrogen-bond donors (Lipinski definition) is 0. The Morgan fingerprint density at radius 2 is 1.50 bits per heavy atom. The van der Waals surface area contributed by atoms with E-state index in [2.05, 4.69) is 4.85 Å². The van der Waals surface area contributed by atoms with E-state index in [4.69, 9.17) is 6.57 Å². The first-order valence-electron chi connectivity index (χ1n) is 13.6. The van der Waals surface area contributed by atoms with E-state index in [1.807, 2.05) is 65.6 Å². The molecule has 10 heteroatoms. The monoisotopic (exact) mass is 587 g/mol. The molecule has 0 aromatic heterocycles. The van der Waals surface area contributed by atoms with Gasteiger partial charge in [-0.3, -0.25) is 9.69 Å². The Labute approximate surface area is 241 Å². The van der Waals surface area contributed by atoms with E-state index in [9.17, 15) is 31.1 Å². The molecule has 42 heavy (non-hydrogen) atoms. The molecule has 4 rings (SSSR count). The van der Waals surface area contributed by atoms with Crippen molar-refractivity contribution in [2.45, 2.75) is 49.6 Å². The maximum atomic E-state index is 13.8. The second kappa shape index (κ2) is 12.6. The fourth-order valence-corrected chi connectivity index (χ4v) is 5.72. The molecule has 1 fully saturated rings. The average Bonchev–Trinajstić information content (AvgIpc) is 2.97. The van der Waals surface area contributed by atoms with Crippen molar-refractivity contribution in [2.24, 2.45) is 0 Å². The number of hydrogen-bond acceptors (Lipinski definition) is 2. The highest BCUT2D eigenvalue weighted by Gasteiger charge is 2.46. The lowest BCUT2D eigenvalue weighted by atomic mass is 9.81. The average molecular weight is 588 g/mol. The maximum absolute atomic E-state index is 13.8. The fraction of sp³-hybridized carbons (Fsp3) is 0.375. The van der Waals surface area contributed by atoms with Gasteiger partial charge in [0.25, 0.3) is 5.54 Å². The van der Waals surface area contributed by atoms with Crippen molar-refractivity contribution < 1.29 is 31.1 Å². The molecule has 0 aliphatic carbocycles. The van der Waals surface area contributed by atoms with Crippen molar-refractivity contribution >= 4 is 5.91 Å². The van der Waals surface area contributed by atoms with E-state index in [1.165, 1.54) is 4.90 Å². The van der Waals surface area contributed by atoms with Crippen molar-refractivity contribution in [2.75, 3.05) is 26.7 Å². The minimum Gasteiger partial charge on any atom is -0.344 e. The van der Waals surface area contributed by atoms with Gasteiger partial charge in [0.05, 0.1) is 11.1 Å². The second-order valence-corrected chi connectivity index (χ2v) is 10.6. The third kappa shape index (κ3) is 6.79. The number of likely N-dealkylation sites (N-methyl/N-ethyl adjacent to an activating group) is 1. The molecule has 1 saturated heterocycles. The molecule has 3 aromatic rings. The number of halogens is 6. The number of aryl methyl sites for hydroxylation is 1. The Morgan fingerprint density at radius 3 is 2.05 bits per heavy atom. The highest BCUT2D eigenvalue weighted by molar-refractivity contribution is 5.83. The molecule has 1 aliphatic rings. The zero-order chi connectivity index (χ0) is 30.5. The molecule has 0 saturated carbocycles. The molecule has 4 nitrogen and oxygen atoms in total. The summed E-state index contributed by atoms with van der Waals surface area (Å²) in [6.07, 6.45) is -9.50. The van der Waals surface area contributed by atoms with Crippen LogP contribution < -0.4 is 0 Å². The SMILES string of the molecule is [C-]#[N+]C1(c2ccccc2)CCN(C(C(=O)N(C)CCCc2cccc(C(F)(F)F)c2C(F)(F)F)c2ccccc2)CC1. The maximum Gasteiger partial charge on any atom is 0.417 e. The number of rotatable bonds is 8. The van der Waals surface area contributed by atoms with Crippen LogP contribution in [-0.4, -0.2) is 42.4 Å². The number of piperidine rings is 1. The zero-order valence-electron chi connectivity index (χ0n) is 23.1. The van der Waals surface area contributed by atoms with Gasteiger partial charge in [-0.2, -0.15) is 26.3 Å². The summed E-state index contributed by atoms with van der Waals surface area (Å²) in [5, 5.41) is 0. The van der Waals surface area contributed by atoms with Gasteiger partial charge in [0.15, 0.2) is 0 Å². The van der Waals surface area contributed by atoms with E-state index < -0.39 is 40.6 Å². The first-order chi connectivity index (χ1) is 19.9. The zero-order valence-corrected chi connectivity index (χ0v) is 23.1. The van der Waals surface area contributed by atoms with E-state index in [1.54, 1.807) is 7.05 Å².